The summed E-state index contributed by atoms with van der Waals surface area (Å²) >= 11 is 0. The van der Waals surface area contributed by atoms with Gasteiger partial charge >= 0.3 is 5.97 Å². The highest BCUT2D eigenvalue weighted by molar-refractivity contribution is 5.98. The van der Waals surface area contributed by atoms with Crippen LogP contribution in [0, 0.1) is 5.82 Å². The highest BCUT2D eigenvalue weighted by Gasteiger charge is 2.23. The zero-order valence-electron chi connectivity index (χ0n) is 9.45. The number of hydrogen-bond donors (Lipinski definition) is 3. The Balaban J connectivity index is 3.02. The van der Waals surface area contributed by atoms with Crippen LogP contribution in [0.1, 0.15) is 24.2 Å². The molecule has 0 aromatic heterocycles. The van der Waals surface area contributed by atoms with Crippen molar-refractivity contribution >= 4 is 17.6 Å². The van der Waals surface area contributed by atoms with Crippen LogP contribution in [0.4, 0.5) is 10.1 Å². The molecule has 17 heavy (non-hydrogen) atoms. The fourth-order valence-corrected chi connectivity index (χ4v) is 1.04. The number of nitrogens with two attached hydrogens (primary N) is 1. The van der Waals surface area contributed by atoms with E-state index in [1.807, 2.05) is 0 Å². The largest absolute Gasteiger partial charge is 0.478 e. The van der Waals surface area contributed by atoms with Crippen LogP contribution in [-0.2, 0) is 4.79 Å². The van der Waals surface area contributed by atoms with Gasteiger partial charge in [0.1, 0.15) is 5.82 Å². The van der Waals surface area contributed by atoms with E-state index >= 15 is 0 Å². The number of carbonyl (C=O) groups excluding carboxylic acids is 1. The molecule has 0 fully saturated rings. The summed E-state index contributed by atoms with van der Waals surface area (Å²) < 4.78 is 13.3. The van der Waals surface area contributed by atoms with Crippen LogP contribution < -0.4 is 11.1 Å². The number of carbonyl (C=O) groups is 2. The zero-order chi connectivity index (χ0) is 13.2. The van der Waals surface area contributed by atoms with Crippen LogP contribution in [0.2, 0.25) is 0 Å². The normalized spacial score (nSPS) is 11.1. The van der Waals surface area contributed by atoms with Gasteiger partial charge in [-0.25, -0.2) is 9.18 Å². The van der Waals surface area contributed by atoms with E-state index in [1.165, 1.54) is 13.8 Å². The van der Waals surface area contributed by atoms with Crippen LogP contribution >= 0.6 is 0 Å². The number of anilines is 1. The standard InChI is InChI=1S/C11H13FN2O3/c1-11(2,13)10(17)14-8-5-6(9(15)16)3-4-7(8)12/h3-5H,13H2,1-2H3,(H,14,17)(H,15,16). The van der Waals surface area contributed by atoms with Gasteiger partial charge in [-0.15, -0.1) is 0 Å². The Labute approximate surface area is 97.4 Å². The van der Waals surface area contributed by atoms with Crippen molar-refractivity contribution in [2.24, 2.45) is 5.73 Å². The molecule has 1 aromatic rings. The van der Waals surface area contributed by atoms with Gasteiger partial charge in [0.05, 0.1) is 16.8 Å². The summed E-state index contributed by atoms with van der Waals surface area (Å²) in [5.74, 6) is -2.51. The van der Waals surface area contributed by atoms with Crippen LogP contribution in [0.3, 0.4) is 0 Å². The van der Waals surface area contributed by atoms with Crippen LogP contribution in [0.25, 0.3) is 0 Å². The minimum absolute atomic E-state index is 0.114. The quantitative estimate of drug-likeness (QED) is 0.740. The molecule has 5 nitrogen and oxygen atoms in total. The molecule has 0 atom stereocenters. The lowest BCUT2D eigenvalue weighted by atomic mass is 10.1. The molecular formula is C11H13FN2O3. The molecule has 4 N–H and O–H groups in total. The summed E-state index contributed by atoms with van der Waals surface area (Å²) in [7, 11) is 0. The van der Waals surface area contributed by atoms with E-state index in [0.29, 0.717) is 0 Å². The zero-order valence-corrected chi connectivity index (χ0v) is 9.45. The van der Waals surface area contributed by atoms with Gasteiger partial charge in [-0.1, -0.05) is 0 Å². The van der Waals surface area contributed by atoms with E-state index in [9.17, 15) is 14.0 Å². The van der Waals surface area contributed by atoms with Gasteiger partial charge in [0.15, 0.2) is 0 Å². The van der Waals surface area contributed by atoms with Crippen molar-refractivity contribution in [1.82, 2.24) is 0 Å². The number of carboxylic acid groups (broad SMARTS) is 1. The number of carboxylic acids is 1. The maximum Gasteiger partial charge on any atom is 0.335 e. The molecule has 6 heteroatoms. The fourth-order valence-electron chi connectivity index (χ4n) is 1.04. The molecule has 0 radical (unpaired) electrons. The summed E-state index contributed by atoms with van der Waals surface area (Å²) in [4.78, 5) is 22.2. The second kappa shape index (κ2) is 4.50. The first-order chi connectivity index (χ1) is 7.71. The van der Waals surface area contributed by atoms with Gasteiger partial charge < -0.3 is 16.2 Å². The van der Waals surface area contributed by atoms with E-state index in [0.717, 1.165) is 18.2 Å². The van der Waals surface area contributed by atoms with E-state index in [-0.39, 0.29) is 11.3 Å². The van der Waals surface area contributed by atoms with E-state index < -0.39 is 23.2 Å². The number of rotatable bonds is 3. The Kier molecular flexibility index (Phi) is 3.47. The van der Waals surface area contributed by atoms with Gasteiger partial charge in [0.2, 0.25) is 5.91 Å². The van der Waals surface area contributed by atoms with Crippen LogP contribution in [-0.4, -0.2) is 22.5 Å². The molecule has 0 aliphatic carbocycles. The monoisotopic (exact) mass is 240 g/mol. The van der Waals surface area contributed by atoms with Gasteiger partial charge in [0.25, 0.3) is 0 Å². The molecule has 1 rings (SSSR count). The molecule has 0 bridgehead atoms. The SMILES string of the molecule is CC(C)(N)C(=O)Nc1cc(C(=O)O)ccc1F. The minimum atomic E-state index is -1.20. The lowest BCUT2D eigenvalue weighted by Gasteiger charge is -2.18. The van der Waals surface area contributed by atoms with Gasteiger partial charge in [-0.3, -0.25) is 4.79 Å². The van der Waals surface area contributed by atoms with Crippen molar-refractivity contribution in [3.8, 4) is 0 Å². The molecule has 0 aliphatic heterocycles. The highest BCUT2D eigenvalue weighted by Crippen LogP contribution is 2.17. The Morgan fingerprint density at radius 1 is 1.41 bits per heavy atom. The van der Waals surface area contributed by atoms with Gasteiger partial charge in [-0.2, -0.15) is 0 Å². The average molecular weight is 240 g/mol. The van der Waals surface area contributed by atoms with Crippen LogP contribution in [0.15, 0.2) is 18.2 Å². The van der Waals surface area contributed by atoms with Crippen molar-refractivity contribution in [1.29, 1.82) is 0 Å². The van der Waals surface area contributed by atoms with Crippen molar-refractivity contribution in [2.75, 3.05) is 5.32 Å². The first kappa shape index (κ1) is 13.1. The molecule has 92 valence electrons. The first-order valence-corrected chi connectivity index (χ1v) is 4.85. The summed E-state index contributed by atoms with van der Waals surface area (Å²) in [5, 5.41) is 11.0. The van der Waals surface area contributed by atoms with Gasteiger partial charge in [0, 0.05) is 0 Å². The number of nitrogens with one attached hydrogen (secondary N) is 1. The van der Waals surface area contributed by atoms with Crippen molar-refractivity contribution in [3.63, 3.8) is 0 Å². The average Bonchev–Trinajstić information content (AvgIpc) is 2.19. The maximum absolute atomic E-state index is 13.3. The summed E-state index contributed by atoms with van der Waals surface area (Å²) in [6.07, 6.45) is 0. The Morgan fingerprint density at radius 3 is 2.47 bits per heavy atom. The number of amides is 1. The van der Waals surface area contributed by atoms with E-state index in [2.05, 4.69) is 5.32 Å². The number of hydrogen-bond acceptors (Lipinski definition) is 3. The molecule has 0 saturated heterocycles. The van der Waals surface area contributed by atoms with Crippen LogP contribution in [0.5, 0.6) is 0 Å². The maximum atomic E-state index is 13.3. The van der Waals surface area contributed by atoms with Crippen molar-refractivity contribution < 1.29 is 19.1 Å². The third kappa shape index (κ3) is 3.25. The predicted octanol–water partition coefficient (Wildman–Crippen LogP) is 1.20. The Bertz CT molecular complexity index is 466. The van der Waals surface area contributed by atoms with E-state index in [1.54, 1.807) is 0 Å². The molecule has 0 heterocycles. The number of halogens is 1. The predicted molar refractivity (Wildman–Crippen MR) is 60.3 cm³/mol. The molecule has 0 aliphatic rings. The Morgan fingerprint density at radius 2 is 2.00 bits per heavy atom. The number of benzene rings is 1. The fraction of sp³-hybridized carbons (Fsp3) is 0.273. The third-order valence-corrected chi connectivity index (χ3v) is 2.05. The molecule has 0 unspecified atom stereocenters. The highest BCUT2D eigenvalue weighted by atomic mass is 19.1. The summed E-state index contributed by atoms with van der Waals surface area (Å²) in [6, 6.07) is 3.13. The topological polar surface area (TPSA) is 92.4 Å². The summed E-state index contributed by atoms with van der Waals surface area (Å²) in [5.41, 5.74) is 4.03. The Hall–Kier alpha value is -1.95. The molecule has 0 saturated carbocycles. The molecule has 1 amide bonds. The van der Waals surface area contributed by atoms with Crippen molar-refractivity contribution in [3.05, 3.63) is 29.6 Å². The molecule has 0 spiro atoms. The molecular weight excluding hydrogens is 227 g/mol. The smallest absolute Gasteiger partial charge is 0.335 e. The van der Waals surface area contributed by atoms with E-state index in [4.69, 9.17) is 10.8 Å². The number of aromatic carboxylic acids is 1. The molecule has 1 aromatic carbocycles. The summed E-state index contributed by atoms with van der Waals surface area (Å²) in [6.45, 7) is 2.92. The van der Waals surface area contributed by atoms with Crippen molar-refractivity contribution in [2.45, 2.75) is 19.4 Å². The second-order valence-corrected chi connectivity index (χ2v) is 4.18. The van der Waals surface area contributed by atoms with Gasteiger partial charge in [-0.05, 0) is 32.0 Å². The first-order valence-electron chi connectivity index (χ1n) is 4.85. The lowest BCUT2D eigenvalue weighted by Crippen LogP contribution is -2.45. The third-order valence-electron chi connectivity index (χ3n) is 2.05. The second-order valence-electron chi connectivity index (χ2n) is 4.18. The lowest BCUT2D eigenvalue weighted by molar-refractivity contribution is -0.120. The minimum Gasteiger partial charge on any atom is -0.478 e.